The number of fused-ring (bicyclic) bond motifs is 1. The number of nitrogens with one attached hydrogen (secondary N) is 1. The predicted octanol–water partition coefficient (Wildman–Crippen LogP) is 1.40. The Kier molecular flexibility index (Phi) is 4.32. The van der Waals surface area contributed by atoms with E-state index in [0.717, 1.165) is 30.0 Å². The van der Waals surface area contributed by atoms with Crippen LogP contribution in [-0.4, -0.2) is 56.4 Å². The molecule has 1 aromatic heterocycles. The molecule has 2 aliphatic heterocycles. The summed E-state index contributed by atoms with van der Waals surface area (Å²) >= 11 is 0. The SMILES string of the molecule is Cn1nnnc1CCNC(=O)N1CCC2(C=Cc3ccccc3O2)CC1. The van der Waals surface area contributed by atoms with E-state index in [-0.39, 0.29) is 11.6 Å². The van der Waals surface area contributed by atoms with Gasteiger partial charge in [0.1, 0.15) is 11.4 Å². The first-order chi connectivity index (χ1) is 12.7. The van der Waals surface area contributed by atoms with Gasteiger partial charge in [-0.2, -0.15) is 0 Å². The molecule has 0 radical (unpaired) electrons. The molecule has 1 aromatic carbocycles. The van der Waals surface area contributed by atoms with Crippen molar-refractivity contribution in [3.8, 4) is 5.75 Å². The van der Waals surface area contributed by atoms with E-state index in [2.05, 4.69) is 33.0 Å². The van der Waals surface area contributed by atoms with Gasteiger partial charge < -0.3 is 15.0 Å². The minimum atomic E-state index is -0.296. The van der Waals surface area contributed by atoms with Crippen molar-refractivity contribution in [3.05, 3.63) is 41.7 Å². The van der Waals surface area contributed by atoms with E-state index < -0.39 is 0 Å². The highest BCUT2D eigenvalue weighted by molar-refractivity contribution is 5.74. The Morgan fingerprint density at radius 2 is 2.12 bits per heavy atom. The number of hydrogen-bond donors (Lipinski definition) is 1. The minimum Gasteiger partial charge on any atom is -0.482 e. The highest BCUT2D eigenvalue weighted by Gasteiger charge is 2.37. The van der Waals surface area contributed by atoms with Crippen molar-refractivity contribution in [3.63, 3.8) is 0 Å². The number of urea groups is 1. The molecule has 0 aliphatic carbocycles. The van der Waals surface area contributed by atoms with Crippen molar-refractivity contribution < 1.29 is 9.53 Å². The lowest BCUT2D eigenvalue weighted by Gasteiger charge is -2.41. The van der Waals surface area contributed by atoms with E-state index in [1.807, 2.05) is 29.2 Å². The first-order valence-electron chi connectivity index (χ1n) is 8.87. The van der Waals surface area contributed by atoms with Gasteiger partial charge in [-0.15, -0.1) is 5.10 Å². The summed E-state index contributed by atoms with van der Waals surface area (Å²) in [5.74, 6) is 1.67. The zero-order valence-electron chi connectivity index (χ0n) is 14.8. The Hall–Kier alpha value is -2.90. The van der Waals surface area contributed by atoms with Gasteiger partial charge in [0.05, 0.1) is 0 Å². The van der Waals surface area contributed by atoms with Crippen LogP contribution in [-0.2, 0) is 13.5 Å². The molecule has 1 spiro atoms. The fourth-order valence-electron chi connectivity index (χ4n) is 3.42. The summed E-state index contributed by atoms with van der Waals surface area (Å²) in [6.45, 7) is 1.85. The van der Waals surface area contributed by atoms with Crippen LogP contribution in [0.1, 0.15) is 24.2 Å². The Morgan fingerprint density at radius 1 is 1.31 bits per heavy atom. The minimum absolute atomic E-state index is 0.0461. The Labute approximate surface area is 151 Å². The topological polar surface area (TPSA) is 85.2 Å². The number of carbonyl (C=O) groups excluding carboxylic acids is 1. The summed E-state index contributed by atoms with van der Waals surface area (Å²) in [5.41, 5.74) is 0.812. The standard InChI is InChI=1S/C18H22N6O2/c1-23-16(20-21-22-23)7-11-19-17(25)24-12-9-18(10-13-24)8-6-14-4-2-3-5-15(14)26-18/h2-6,8H,7,9-13H2,1H3,(H,19,25). The normalized spacial score (nSPS) is 17.7. The van der Waals surface area contributed by atoms with E-state index in [9.17, 15) is 4.79 Å². The monoisotopic (exact) mass is 354 g/mol. The molecule has 0 unspecified atom stereocenters. The summed E-state index contributed by atoms with van der Waals surface area (Å²) in [5, 5.41) is 14.2. The zero-order valence-corrected chi connectivity index (χ0v) is 14.8. The molecule has 1 fully saturated rings. The summed E-state index contributed by atoms with van der Waals surface area (Å²) in [6, 6.07) is 8.00. The van der Waals surface area contributed by atoms with Crippen molar-refractivity contribution in [1.29, 1.82) is 0 Å². The van der Waals surface area contributed by atoms with E-state index in [1.54, 1.807) is 11.7 Å². The van der Waals surface area contributed by atoms with Gasteiger partial charge in [-0.05, 0) is 22.6 Å². The second kappa shape index (κ2) is 6.78. The molecule has 136 valence electrons. The molecule has 1 N–H and O–H groups in total. The van der Waals surface area contributed by atoms with Gasteiger partial charge in [-0.3, -0.25) is 0 Å². The van der Waals surface area contributed by atoms with Gasteiger partial charge in [0.2, 0.25) is 0 Å². The number of carbonyl (C=O) groups is 1. The third kappa shape index (κ3) is 3.26. The molecule has 1 saturated heterocycles. The van der Waals surface area contributed by atoms with Crippen molar-refractivity contribution in [2.45, 2.75) is 24.9 Å². The molecule has 2 aliphatic rings. The average Bonchev–Trinajstić information content (AvgIpc) is 3.07. The number of amides is 2. The number of tetrazole rings is 1. The van der Waals surface area contributed by atoms with Crippen LogP contribution in [0.2, 0.25) is 0 Å². The Bertz CT molecular complexity index is 823. The van der Waals surface area contributed by atoms with Crippen LogP contribution in [0, 0.1) is 0 Å². The summed E-state index contributed by atoms with van der Waals surface area (Å²) in [6.07, 6.45) is 6.46. The van der Waals surface area contributed by atoms with E-state index in [1.165, 1.54) is 0 Å². The molecule has 26 heavy (non-hydrogen) atoms. The van der Waals surface area contributed by atoms with Gasteiger partial charge in [0, 0.05) is 51.5 Å². The molecule has 0 saturated carbocycles. The predicted molar refractivity (Wildman–Crippen MR) is 95.5 cm³/mol. The van der Waals surface area contributed by atoms with Crippen LogP contribution in [0.5, 0.6) is 5.75 Å². The first-order valence-corrected chi connectivity index (χ1v) is 8.87. The fourth-order valence-corrected chi connectivity index (χ4v) is 3.42. The van der Waals surface area contributed by atoms with E-state index in [4.69, 9.17) is 4.74 Å². The van der Waals surface area contributed by atoms with Crippen molar-refractivity contribution in [2.75, 3.05) is 19.6 Å². The molecule has 3 heterocycles. The number of rotatable bonds is 3. The first kappa shape index (κ1) is 16.6. The number of aryl methyl sites for hydroxylation is 1. The van der Waals surface area contributed by atoms with Gasteiger partial charge in [-0.25, -0.2) is 9.48 Å². The summed E-state index contributed by atoms with van der Waals surface area (Å²) in [4.78, 5) is 14.2. The van der Waals surface area contributed by atoms with Crippen LogP contribution in [0.4, 0.5) is 4.79 Å². The molecular weight excluding hydrogens is 332 g/mol. The van der Waals surface area contributed by atoms with Gasteiger partial charge in [0.25, 0.3) is 0 Å². The second-order valence-electron chi connectivity index (χ2n) is 6.73. The Morgan fingerprint density at radius 3 is 2.88 bits per heavy atom. The molecule has 0 atom stereocenters. The number of nitrogens with zero attached hydrogens (tertiary/aromatic N) is 5. The Balaban J connectivity index is 1.28. The number of benzene rings is 1. The fraction of sp³-hybridized carbons (Fsp3) is 0.444. The number of aromatic nitrogens is 4. The third-order valence-corrected chi connectivity index (χ3v) is 5.03. The lowest BCUT2D eigenvalue weighted by atomic mass is 9.88. The highest BCUT2D eigenvalue weighted by Crippen LogP contribution is 2.36. The average molecular weight is 354 g/mol. The quantitative estimate of drug-likeness (QED) is 0.901. The number of likely N-dealkylation sites (tertiary alicyclic amines) is 1. The number of hydrogen-bond acceptors (Lipinski definition) is 5. The molecule has 2 aromatic rings. The van der Waals surface area contributed by atoms with E-state index in [0.29, 0.717) is 26.1 Å². The van der Waals surface area contributed by atoms with Crippen LogP contribution in [0.3, 0.4) is 0 Å². The van der Waals surface area contributed by atoms with Crippen LogP contribution >= 0.6 is 0 Å². The summed E-state index contributed by atoms with van der Waals surface area (Å²) in [7, 11) is 1.79. The molecule has 0 bridgehead atoms. The van der Waals surface area contributed by atoms with Crippen LogP contribution in [0.25, 0.3) is 6.08 Å². The third-order valence-electron chi connectivity index (χ3n) is 5.03. The van der Waals surface area contributed by atoms with E-state index >= 15 is 0 Å². The second-order valence-corrected chi connectivity index (χ2v) is 6.73. The number of ether oxygens (including phenoxy) is 1. The van der Waals surface area contributed by atoms with Crippen molar-refractivity contribution >= 4 is 12.1 Å². The molecule has 2 amide bonds. The molecular formula is C18H22N6O2. The van der Waals surface area contributed by atoms with Gasteiger partial charge in [-0.1, -0.05) is 24.3 Å². The smallest absolute Gasteiger partial charge is 0.317 e. The molecule has 8 heteroatoms. The largest absolute Gasteiger partial charge is 0.482 e. The highest BCUT2D eigenvalue weighted by atomic mass is 16.5. The van der Waals surface area contributed by atoms with Crippen LogP contribution < -0.4 is 10.1 Å². The lowest BCUT2D eigenvalue weighted by molar-refractivity contribution is 0.0498. The number of para-hydroxylation sites is 1. The maximum atomic E-state index is 12.4. The van der Waals surface area contributed by atoms with Gasteiger partial charge >= 0.3 is 6.03 Å². The van der Waals surface area contributed by atoms with Crippen molar-refractivity contribution in [2.24, 2.45) is 7.05 Å². The van der Waals surface area contributed by atoms with Crippen molar-refractivity contribution in [1.82, 2.24) is 30.4 Å². The number of piperidine rings is 1. The zero-order chi connectivity index (χ0) is 18.0. The molecule has 8 nitrogen and oxygen atoms in total. The van der Waals surface area contributed by atoms with Gasteiger partial charge in [0.15, 0.2) is 5.82 Å². The molecule has 4 rings (SSSR count). The maximum Gasteiger partial charge on any atom is 0.317 e. The van der Waals surface area contributed by atoms with Crippen LogP contribution in [0.15, 0.2) is 30.3 Å². The lowest BCUT2D eigenvalue weighted by Crippen LogP contribution is -2.52. The maximum absolute atomic E-state index is 12.4. The summed E-state index contributed by atoms with van der Waals surface area (Å²) < 4.78 is 7.87.